The van der Waals surface area contributed by atoms with Crippen molar-refractivity contribution in [3.8, 4) is 5.75 Å². The molecule has 21 heavy (non-hydrogen) atoms. The summed E-state index contributed by atoms with van der Waals surface area (Å²) in [5.74, 6) is -0.268. The van der Waals surface area contributed by atoms with E-state index in [4.69, 9.17) is 11.6 Å². The van der Waals surface area contributed by atoms with E-state index >= 15 is 0 Å². The van der Waals surface area contributed by atoms with Gasteiger partial charge in [-0.3, -0.25) is 0 Å². The predicted octanol–water partition coefficient (Wildman–Crippen LogP) is 2.22. The van der Waals surface area contributed by atoms with Crippen LogP contribution in [0.3, 0.4) is 0 Å². The molecule has 0 fully saturated rings. The Bertz CT molecular complexity index is 555. The van der Waals surface area contributed by atoms with Crippen molar-refractivity contribution in [3.63, 3.8) is 0 Å². The van der Waals surface area contributed by atoms with E-state index in [9.17, 15) is 17.2 Å². The Morgan fingerprint density at radius 2 is 2.00 bits per heavy atom. The number of hydrogen-bond acceptors (Lipinski definition) is 4. The first-order valence-corrected chi connectivity index (χ1v) is 8.17. The van der Waals surface area contributed by atoms with Crippen LogP contribution in [0.2, 0.25) is 5.02 Å². The molecular formula is C12H17ClF2N2O3S. The Hall–Kier alpha value is -0.960. The molecule has 0 atom stereocenters. The lowest BCUT2D eigenvalue weighted by molar-refractivity contribution is -0.0498. The maximum Gasteiger partial charge on any atom is 0.387 e. The highest BCUT2D eigenvalue weighted by atomic mass is 35.5. The third kappa shape index (κ3) is 6.13. The zero-order valence-electron chi connectivity index (χ0n) is 11.4. The second-order valence-electron chi connectivity index (χ2n) is 4.12. The molecule has 0 amide bonds. The first-order chi connectivity index (χ1) is 9.86. The highest BCUT2D eigenvalue weighted by molar-refractivity contribution is 7.89. The smallest absolute Gasteiger partial charge is 0.387 e. The van der Waals surface area contributed by atoms with Gasteiger partial charge in [-0.15, -0.1) is 0 Å². The normalized spacial score (nSPS) is 11.9. The molecule has 0 spiro atoms. The number of hydrogen-bond donors (Lipinski definition) is 2. The molecule has 0 radical (unpaired) electrons. The summed E-state index contributed by atoms with van der Waals surface area (Å²) in [6, 6.07) is 3.32. The fraction of sp³-hybridized carbons (Fsp3) is 0.500. The van der Waals surface area contributed by atoms with Gasteiger partial charge in [-0.05, 0) is 31.2 Å². The highest BCUT2D eigenvalue weighted by Gasteiger charge is 2.16. The molecule has 2 N–H and O–H groups in total. The summed E-state index contributed by atoms with van der Waals surface area (Å²) in [6.45, 7) is 0.491. The Morgan fingerprint density at radius 1 is 1.29 bits per heavy atom. The van der Waals surface area contributed by atoms with E-state index in [2.05, 4.69) is 14.8 Å². The van der Waals surface area contributed by atoms with E-state index in [1.165, 1.54) is 0 Å². The first kappa shape index (κ1) is 18.1. The molecule has 0 unspecified atom stereocenters. The molecule has 0 aliphatic carbocycles. The first-order valence-electron chi connectivity index (χ1n) is 6.31. The summed E-state index contributed by atoms with van der Waals surface area (Å²) in [4.78, 5) is -0.107. The molecule has 120 valence electrons. The van der Waals surface area contributed by atoms with Gasteiger partial charge in [0.25, 0.3) is 0 Å². The highest BCUT2D eigenvalue weighted by Crippen LogP contribution is 2.28. The van der Waals surface area contributed by atoms with Crippen LogP contribution >= 0.6 is 11.6 Å². The largest absolute Gasteiger partial charge is 0.433 e. The van der Waals surface area contributed by atoms with Crippen molar-refractivity contribution in [3.05, 3.63) is 23.2 Å². The summed E-state index contributed by atoms with van der Waals surface area (Å²) in [7, 11) is -3.73. The standard InChI is InChI=1S/C12H17ClF2N2O3S/c1-2-5-16-6-7-17-21(18,19)9-3-4-11(10(13)8-9)20-12(14)15/h3-4,8,12,16-17H,2,5-7H2,1H3. The molecule has 5 nitrogen and oxygen atoms in total. The van der Waals surface area contributed by atoms with Crippen molar-refractivity contribution in [2.45, 2.75) is 24.9 Å². The topological polar surface area (TPSA) is 67.4 Å². The molecule has 1 aromatic rings. The van der Waals surface area contributed by atoms with E-state index in [0.29, 0.717) is 6.54 Å². The van der Waals surface area contributed by atoms with Gasteiger partial charge in [0, 0.05) is 13.1 Å². The quantitative estimate of drug-likeness (QED) is 0.675. The summed E-state index contributed by atoms with van der Waals surface area (Å²) < 4.78 is 54.6. The van der Waals surface area contributed by atoms with Crippen molar-refractivity contribution in [1.29, 1.82) is 0 Å². The van der Waals surface area contributed by atoms with Gasteiger partial charge in [-0.1, -0.05) is 18.5 Å². The molecule has 0 aliphatic heterocycles. The molecule has 9 heteroatoms. The van der Waals surface area contributed by atoms with Crippen LogP contribution in [-0.4, -0.2) is 34.7 Å². The van der Waals surface area contributed by atoms with Crippen LogP contribution in [0, 0.1) is 0 Å². The molecular weight excluding hydrogens is 326 g/mol. The Morgan fingerprint density at radius 3 is 2.57 bits per heavy atom. The van der Waals surface area contributed by atoms with E-state index < -0.39 is 16.6 Å². The van der Waals surface area contributed by atoms with Crippen LogP contribution in [0.4, 0.5) is 8.78 Å². The van der Waals surface area contributed by atoms with E-state index in [1.54, 1.807) is 0 Å². The van der Waals surface area contributed by atoms with Crippen molar-refractivity contribution in [2.75, 3.05) is 19.6 Å². The summed E-state index contributed by atoms with van der Waals surface area (Å²) in [5, 5.41) is 2.85. The van der Waals surface area contributed by atoms with E-state index in [0.717, 1.165) is 31.2 Å². The summed E-state index contributed by atoms with van der Waals surface area (Å²) >= 11 is 5.72. The van der Waals surface area contributed by atoms with Crippen molar-refractivity contribution < 1.29 is 21.9 Å². The van der Waals surface area contributed by atoms with Crippen LogP contribution in [0.15, 0.2) is 23.1 Å². The Balaban J connectivity index is 2.68. The van der Waals surface area contributed by atoms with E-state index in [-0.39, 0.29) is 22.2 Å². The fourth-order valence-electron chi connectivity index (χ4n) is 1.50. The van der Waals surface area contributed by atoms with Gasteiger partial charge < -0.3 is 10.1 Å². The molecule has 1 rings (SSSR count). The van der Waals surface area contributed by atoms with E-state index in [1.807, 2.05) is 6.92 Å². The second kappa shape index (κ2) is 8.47. The lowest BCUT2D eigenvalue weighted by Crippen LogP contribution is -2.32. The third-order valence-corrected chi connectivity index (χ3v) is 4.20. The number of ether oxygens (including phenoxy) is 1. The van der Waals surface area contributed by atoms with Gasteiger partial charge in [0.1, 0.15) is 5.75 Å². The number of nitrogens with one attached hydrogen (secondary N) is 2. The van der Waals surface area contributed by atoms with Gasteiger partial charge in [0.05, 0.1) is 9.92 Å². The lowest BCUT2D eigenvalue weighted by Gasteiger charge is -2.10. The average Bonchev–Trinajstić information content (AvgIpc) is 2.40. The molecule has 0 aliphatic rings. The summed E-state index contributed by atoms with van der Waals surface area (Å²) in [5.41, 5.74) is 0. The summed E-state index contributed by atoms with van der Waals surface area (Å²) in [6.07, 6.45) is 0.952. The lowest BCUT2D eigenvalue weighted by atomic mass is 10.3. The maximum absolute atomic E-state index is 12.1. The zero-order valence-corrected chi connectivity index (χ0v) is 13.0. The van der Waals surface area contributed by atoms with Crippen LogP contribution < -0.4 is 14.8 Å². The minimum absolute atomic E-state index is 0.107. The number of sulfonamides is 1. The number of alkyl halides is 2. The molecule has 1 aromatic carbocycles. The fourth-order valence-corrected chi connectivity index (χ4v) is 2.85. The van der Waals surface area contributed by atoms with Crippen LogP contribution in [-0.2, 0) is 10.0 Å². The maximum atomic E-state index is 12.1. The minimum Gasteiger partial charge on any atom is -0.433 e. The van der Waals surface area contributed by atoms with Gasteiger partial charge >= 0.3 is 6.61 Å². The Labute approximate surface area is 127 Å². The Kier molecular flexibility index (Phi) is 7.30. The van der Waals surface area contributed by atoms with Crippen molar-refractivity contribution >= 4 is 21.6 Å². The van der Waals surface area contributed by atoms with Crippen molar-refractivity contribution in [1.82, 2.24) is 10.0 Å². The van der Waals surface area contributed by atoms with Gasteiger partial charge in [-0.2, -0.15) is 8.78 Å². The third-order valence-electron chi connectivity index (χ3n) is 2.45. The number of halogens is 3. The number of benzene rings is 1. The van der Waals surface area contributed by atoms with Crippen LogP contribution in [0.5, 0.6) is 5.75 Å². The molecule has 0 heterocycles. The van der Waals surface area contributed by atoms with Gasteiger partial charge in [0.15, 0.2) is 0 Å². The van der Waals surface area contributed by atoms with Gasteiger partial charge in [0.2, 0.25) is 10.0 Å². The average molecular weight is 343 g/mol. The zero-order chi connectivity index (χ0) is 15.9. The van der Waals surface area contributed by atoms with Crippen LogP contribution in [0.25, 0.3) is 0 Å². The number of rotatable bonds is 9. The predicted molar refractivity (Wildman–Crippen MR) is 76.4 cm³/mol. The molecule has 0 saturated carbocycles. The van der Waals surface area contributed by atoms with Crippen LogP contribution in [0.1, 0.15) is 13.3 Å². The van der Waals surface area contributed by atoms with Gasteiger partial charge in [-0.25, -0.2) is 13.1 Å². The minimum atomic E-state index is -3.73. The SMILES string of the molecule is CCCNCCNS(=O)(=O)c1ccc(OC(F)F)c(Cl)c1. The molecule has 0 aromatic heterocycles. The second-order valence-corrected chi connectivity index (χ2v) is 6.29. The molecule has 0 bridgehead atoms. The molecule has 0 saturated heterocycles. The monoisotopic (exact) mass is 342 g/mol. The van der Waals surface area contributed by atoms with Crippen molar-refractivity contribution in [2.24, 2.45) is 0 Å².